The first-order chi connectivity index (χ1) is 20.5. The lowest BCUT2D eigenvalue weighted by atomic mass is 9.51. The van der Waals surface area contributed by atoms with Crippen LogP contribution in [0.1, 0.15) is 81.9 Å². The number of aliphatic hydroxyl groups is 1. The molecule has 2 aliphatic heterocycles. The lowest BCUT2D eigenvalue weighted by Crippen LogP contribution is -2.69. The smallest absolute Gasteiger partial charge is 0.165 e. The fourth-order valence-corrected chi connectivity index (χ4v) is 9.58. The van der Waals surface area contributed by atoms with Crippen LogP contribution < -0.4 is 9.47 Å². The zero-order valence-corrected chi connectivity index (χ0v) is 26.1. The van der Waals surface area contributed by atoms with Crippen LogP contribution in [0.5, 0.6) is 11.5 Å². The molecule has 2 heterocycles. The highest BCUT2D eigenvalue weighted by molar-refractivity contribution is 5.61. The molecule has 2 unspecified atom stereocenters. The second-order valence-corrected chi connectivity index (χ2v) is 14.6. The third kappa shape index (κ3) is 5.08. The fraction of sp³-hybridized carbons (Fsp3) is 0.676. The maximum Gasteiger partial charge on any atom is 0.165 e. The number of rotatable bonds is 13. The van der Waals surface area contributed by atoms with E-state index < -0.39 is 0 Å². The van der Waals surface area contributed by atoms with Crippen molar-refractivity contribution in [3.63, 3.8) is 0 Å². The van der Waals surface area contributed by atoms with E-state index in [0.717, 1.165) is 44.0 Å². The minimum absolute atomic E-state index is 0.0751. The summed E-state index contributed by atoms with van der Waals surface area (Å²) in [4.78, 5) is 5.60. The molecule has 3 aliphatic carbocycles. The average molecular weight is 573 g/mol. The van der Waals surface area contributed by atoms with Crippen LogP contribution in [0.2, 0.25) is 0 Å². The molecule has 0 aromatic heterocycles. The number of methoxy groups -OCH3 is 1. The molecule has 5 nitrogen and oxygen atoms in total. The molecule has 0 amide bonds. The van der Waals surface area contributed by atoms with Gasteiger partial charge in [-0.2, -0.15) is 0 Å². The molecule has 7 atom stereocenters. The average Bonchev–Trinajstić information content (AvgIpc) is 3.57. The van der Waals surface area contributed by atoms with Crippen molar-refractivity contribution in [1.29, 1.82) is 0 Å². The SMILES string of the molecule is COc1ccc2c3c1O[C@H]1[C@H](N(CCCCCCc4ccccc4)CC(C)C)CC[C@H]4[C@@H](C2)N(CC2CC2O)CC[C@@]341. The van der Waals surface area contributed by atoms with Crippen LogP contribution >= 0.6 is 0 Å². The van der Waals surface area contributed by atoms with E-state index in [0.29, 0.717) is 29.8 Å². The number of ether oxygens (including phenoxy) is 2. The van der Waals surface area contributed by atoms with Gasteiger partial charge in [-0.1, -0.05) is 63.1 Å². The van der Waals surface area contributed by atoms with Gasteiger partial charge < -0.3 is 14.6 Å². The number of unbranched alkanes of at least 4 members (excludes halogenated alkanes) is 3. The Morgan fingerprint density at radius 1 is 1.07 bits per heavy atom. The number of piperidine rings is 1. The molecule has 7 rings (SSSR count). The van der Waals surface area contributed by atoms with Gasteiger partial charge in [0.2, 0.25) is 0 Å². The third-order valence-corrected chi connectivity index (χ3v) is 11.5. The number of hydrogen-bond acceptors (Lipinski definition) is 5. The summed E-state index contributed by atoms with van der Waals surface area (Å²) >= 11 is 0. The Morgan fingerprint density at radius 2 is 1.88 bits per heavy atom. The van der Waals surface area contributed by atoms with Gasteiger partial charge in [-0.3, -0.25) is 9.80 Å². The van der Waals surface area contributed by atoms with E-state index in [2.05, 4.69) is 66.1 Å². The molecule has 2 aromatic carbocycles. The molecule has 5 heteroatoms. The normalized spacial score (nSPS) is 32.6. The van der Waals surface area contributed by atoms with Crippen LogP contribution in [-0.2, 0) is 18.3 Å². The first-order valence-corrected chi connectivity index (χ1v) is 17.1. The molecule has 3 fully saturated rings. The summed E-state index contributed by atoms with van der Waals surface area (Å²) in [5, 5.41) is 10.2. The highest BCUT2D eigenvalue weighted by Crippen LogP contribution is 2.64. The van der Waals surface area contributed by atoms with Crippen LogP contribution in [0.4, 0.5) is 0 Å². The molecule has 2 aromatic rings. The summed E-state index contributed by atoms with van der Waals surface area (Å²) in [6, 6.07) is 16.5. The minimum atomic E-state index is -0.0751. The van der Waals surface area contributed by atoms with E-state index in [9.17, 15) is 5.11 Å². The molecule has 228 valence electrons. The Labute approximate surface area is 253 Å². The van der Waals surface area contributed by atoms with E-state index in [1.165, 1.54) is 74.6 Å². The Bertz CT molecular complexity index is 1230. The lowest BCUT2D eigenvalue weighted by molar-refractivity contribution is -0.0914. The Morgan fingerprint density at radius 3 is 2.64 bits per heavy atom. The van der Waals surface area contributed by atoms with Crippen molar-refractivity contribution in [1.82, 2.24) is 9.80 Å². The molecular weight excluding hydrogens is 520 g/mol. The number of nitrogens with zero attached hydrogens (tertiary/aromatic N) is 2. The van der Waals surface area contributed by atoms with E-state index in [1.54, 1.807) is 7.11 Å². The van der Waals surface area contributed by atoms with Crippen molar-refractivity contribution in [2.75, 3.05) is 33.3 Å². The monoisotopic (exact) mass is 572 g/mol. The minimum Gasteiger partial charge on any atom is -0.493 e. The van der Waals surface area contributed by atoms with Crippen molar-refractivity contribution in [2.24, 2.45) is 17.8 Å². The van der Waals surface area contributed by atoms with Gasteiger partial charge in [0.05, 0.1) is 13.2 Å². The van der Waals surface area contributed by atoms with Crippen molar-refractivity contribution in [2.45, 2.75) is 108 Å². The second kappa shape index (κ2) is 11.8. The summed E-state index contributed by atoms with van der Waals surface area (Å²) in [5.41, 5.74) is 4.56. The molecule has 1 spiro atoms. The van der Waals surface area contributed by atoms with Crippen molar-refractivity contribution < 1.29 is 14.6 Å². The highest BCUT2D eigenvalue weighted by Gasteiger charge is 2.66. The van der Waals surface area contributed by atoms with E-state index in [1.807, 2.05) is 0 Å². The first-order valence-electron chi connectivity index (χ1n) is 17.1. The van der Waals surface area contributed by atoms with Gasteiger partial charge in [0.1, 0.15) is 6.10 Å². The third-order valence-electron chi connectivity index (χ3n) is 11.5. The van der Waals surface area contributed by atoms with Crippen LogP contribution in [-0.4, -0.2) is 72.5 Å². The van der Waals surface area contributed by atoms with Crippen LogP contribution in [0.25, 0.3) is 0 Å². The number of likely N-dealkylation sites (tertiary alicyclic amines) is 1. The molecule has 5 aliphatic rings. The van der Waals surface area contributed by atoms with E-state index in [4.69, 9.17) is 9.47 Å². The van der Waals surface area contributed by atoms with Crippen LogP contribution in [0.15, 0.2) is 42.5 Å². The molecule has 42 heavy (non-hydrogen) atoms. The largest absolute Gasteiger partial charge is 0.493 e. The van der Waals surface area contributed by atoms with Crippen LogP contribution in [0, 0.1) is 17.8 Å². The maximum absolute atomic E-state index is 10.2. The highest BCUT2D eigenvalue weighted by atomic mass is 16.5. The molecule has 2 saturated carbocycles. The predicted octanol–water partition coefficient (Wildman–Crippen LogP) is 6.24. The van der Waals surface area contributed by atoms with Gasteiger partial charge in [-0.05, 0) is 93.5 Å². The zero-order valence-electron chi connectivity index (χ0n) is 26.1. The number of aryl methyl sites for hydroxylation is 1. The van der Waals surface area contributed by atoms with Crippen LogP contribution in [0.3, 0.4) is 0 Å². The summed E-state index contributed by atoms with van der Waals surface area (Å²) in [5.74, 6) is 3.73. The molecule has 1 N–H and O–H groups in total. The summed E-state index contributed by atoms with van der Waals surface area (Å²) in [6.45, 7) is 9.26. The number of aliphatic hydroxyl groups excluding tert-OH is 1. The summed E-state index contributed by atoms with van der Waals surface area (Å²) in [7, 11) is 1.80. The van der Waals surface area contributed by atoms with Gasteiger partial charge in [-0.25, -0.2) is 0 Å². The lowest BCUT2D eigenvalue weighted by Gasteiger charge is -2.60. The Hall–Kier alpha value is -2.08. The Balaban J connectivity index is 1.10. The number of hydrogen-bond donors (Lipinski definition) is 1. The van der Waals surface area contributed by atoms with Gasteiger partial charge in [0, 0.05) is 42.1 Å². The molecular formula is C37H52N2O3. The molecule has 1 saturated heterocycles. The topological polar surface area (TPSA) is 45.2 Å². The fourth-order valence-electron chi connectivity index (χ4n) is 9.58. The zero-order chi connectivity index (χ0) is 28.8. The molecule has 0 radical (unpaired) electrons. The maximum atomic E-state index is 10.2. The summed E-state index contributed by atoms with van der Waals surface area (Å²) in [6.07, 6.45) is 12.2. The number of benzene rings is 2. The van der Waals surface area contributed by atoms with Crippen molar-refractivity contribution in [3.05, 3.63) is 59.2 Å². The van der Waals surface area contributed by atoms with Gasteiger partial charge >= 0.3 is 0 Å². The molecule has 2 bridgehead atoms. The summed E-state index contributed by atoms with van der Waals surface area (Å²) < 4.78 is 13.1. The van der Waals surface area contributed by atoms with Gasteiger partial charge in [0.25, 0.3) is 0 Å². The predicted molar refractivity (Wildman–Crippen MR) is 168 cm³/mol. The first kappa shape index (κ1) is 28.7. The van der Waals surface area contributed by atoms with Gasteiger partial charge in [0.15, 0.2) is 11.5 Å². The van der Waals surface area contributed by atoms with Gasteiger partial charge in [-0.15, -0.1) is 0 Å². The van der Waals surface area contributed by atoms with Crippen molar-refractivity contribution >= 4 is 0 Å². The van der Waals surface area contributed by atoms with Crippen molar-refractivity contribution in [3.8, 4) is 11.5 Å². The van der Waals surface area contributed by atoms with E-state index >= 15 is 0 Å². The quantitative estimate of drug-likeness (QED) is 0.288. The Kier molecular flexibility index (Phi) is 8.04. The van der Waals surface area contributed by atoms with E-state index in [-0.39, 0.29) is 17.6 Å². The second-order valence-electron chi connectivity index (χ2n) is 14.6. The standard InChI is InChI=1S/C37H52N2O3/c1-25(2)23-38(19-10-5-4-7-11-26-12-8-6-9-13-26)30-16-15-29-31-21-27-14-17-33(41-3)35-34(27)37(29,36(30)42-35)18-20-39(31)24-28-22-32(28)40/h6,8-9,12-14,17,25,28-32,36,40H,4-5,7,10-11,15-16,18-24H2,1-3H3/t28?,29-,30+,31+,32?,36-,37-/m0/s1.